The molecule has 2 unspecified atom stereocenters. The summed E-state index contributed by atoms with van der Waals surface area (Å²) in [5.74, 6) is 0.122. The van der Waals surface area contributed by atoms with Gasteiger partial charge in [0.15, 0.2) is 9.84 Å². The minimum Gasteiger partial charge on any atom is -0.324 e. The minimum atomic E-state index is -3.00. The van der Waals surface area contributed by atoms with Crippen molar-refractivity contribution in [2.24, 2.45) is 0 Å². The molecule has 2 atom stereocenters. The molecule has 108 valence electrons. The first-order chi connectivity index (χ1) is 9.28. The van der Waals surface area contributed by atoms with Crippen molar-refractivity contribution in [1.82, 2.24) is 5.32 Å². The van der Waals surface area contributed by atoms with E-state index in [9.17, 15) is 13.2 Å². The number of nitrogens with one attached hydrogen (secondary N) is 2. The summed E-state index contributed by atoms with van der Waals surface area (Å²) in [6.07, 6.45) is 0.533. The molecule has 1 fully saturated rings. The Balaban J connectivity index is 1.88. The average molecular weight is 359 g/mol. The molecule has 2 aliphatic heterocycles. The maximum atomic E-state index is 12.1. The molecule has 0 saturated carbocycles. The van der Waals surface area contributed by atoms with Gasteiger partial charge in [0.2, 0.25) is 5.91 Å². The third-order valence-corrected chi connectivity index (χ3v) is 6.24. The maximum Gasteiger partial charge on any atom is 0.246 e. The van der Waals surface area contributed by atoms with Crippen molar-refractivity contribution in [2.45, 2.75) is 24.9 Å². The quantitative estimate of drug-likeness (QED) is 0.841. The molecule has 20 heavy (non-hydrogen) atoms. The van der Waals surface area contributed by atoms with Crippen LogP contribution >= 0.6 is 15.9 Å². The number of carbonyl (C=O) groups is 1. The predicted molar refractivity (Wildman–Crippen MR) is 80.3 cm³/mol. The number of halogens is 1. The van der Waals surface area contributed by atoms with E-state index >= 15 is 0 Å². The lowest BCUT2D eigenvalue weighted by molar-refractivity contribution is -0.118. The topological polar surface area (TPSA) is 75.3 Å². The van der Waals surface area contributed by atoms with Crippen molar-refractivity contribution in [2.75, 3.05) is 16.8 Å². The second-order valence-corrected chi connectivity index (χ2v) is 8.80. The molecule has 2 aliphatic rings. The van der Waals surface area contributed by atoms with Crippen LogP contribution in [0.3, 0.4) is 0 Å². The fraction of sp³-hybridized carbons (Fsp3) is 0.462. The first kappa shape index (κ1) is 14.0. The fourth-order valence-electron chi connectivity index (χ4n) is 2.85. The van der Waals surface area contributed by atoms with Gasteiger partial charge >= 0.3 is 0 Å². The Morgan fingerprint density at radius 3 is 2.85 bits per heavy atom. The van der Waals surface area contributed by atoms with E-state index in [1.165, 1.54) is 0 Å². The van der Waals surface area contributed by atoms with Crippen molar-refractivity contribution in [3.8, 4) is 0 Å². The lowest BCUT2D eigenvalue weighted by atomic mass is 9.98. The molecule has 0 radical (unpaired) electrons. The molecule has 0 spiro atoms. The highest BCUT2D eigenvalue weighted by atomic mass is 79.9. The molecule has 1 aromatic carbocycles. The zero-order chi connectivity index (χ0) is 14.5. The predicted octanol–water partition coefficient (Wildman–Crippen LogP) is 1.61. The standard InChI is InChI=1S/C13H15BrN2O3S/c1-13(4-5-20(18,19)7-13)16-11-9-3-2-8(14)6-10(9)15-12(11)17/h2-3,6,11,16H,4-5,7H2,1H3,(H,15,17). The maximum absolute atomic E-state index is 12.1. The molecule has 2 N–H and O–H groups in total. The van der Waals surface area contributed by atoms with E-state index in [0.717, 1.165) is 15.7 Å². The molecule has 5 nitrogen and oxygen atoms in total. The van der Waals surface area contributed by atoms with Gasteiger partial charge in [0.25, 0.3) is 0 Å². The van der Waals surface area contributed by atoms with Crippen LogP contribution in [0.1, 0.15) is 24.9 Å². The van der Waals surface area contributed by atoms with Crippen LogP contribution in [0.4, 0.5) is 5.69 Å². The van der Waals surface area contributed by atoms with E-state index in [2.05, 4.69) is 26.6 Å². The Morgan fingerprint density at radius 2 is 2.20 bits per heavy atom. The van der Waals surface area contributed by atoms with Crippen LogP contribution in [0, 0.1) is 0 Å². The largest absolute Gasteiger partial charge is 0.324 e. The highest BCUT2D eigenvalue weighted by Gasteiger charge is 2.43. The SMILES string of the molecule is CC1(NC2C(=O)Nc3cc(Br)ccc32)CCS(=O)(=O)C1. The first-order valence-electron chi connectivity index (χ1n) is 6.36. The minimum absolute atomic E-state index is 0.0790. The number of amides is 1. The van der Waals surface area contributed by atoms with Crippen LogP contribution in [-0.4, -0.2) is 31.4 Å². The highest BCUT2D eigenvalue weighted by Crippen LogP contribution is 2.35. The summed E-state index contributed by atoms with van der Waals surface area (Å²) < 4.78 is 24.2. The molecule has 1 aromatic rings. The Bertz CT molecular complexity index is 689. The molecule has 7 heteroatoms. The normalized spacial score (nSPS) is 31.1. The van der Waals surface area contributed by atoms with Crippen LogP contribution in [0.15, 0.2) is 22.7 Å². The van der Waals surface area contributed by atoms with Gasteiger partial charge in [0, 0.05) is 21.3 Å². The number of rotatable bonds is 2. The third-order valence-electron chi connectivity index (χ3n) is 3.84. The van der Waals surface area contributed by atoms with Gasteiger partial charge in [-0.3, -0.25) is 10.1 Å². The van der Waals surface area contributed by atoms with E-state index in [1.807, 2.05) is 25.1 Å². The Morgan fingerprint density at radius 1 is 1.45 bits per heavy atom. The summed E-state index contributed by atoms with van der Waals surface area (Å²) >= 11 is 3.37. The van der Waals surface area contributed by atoms with Crippen molar-refractivity contribution >= 4 is 37.4 Å². The Labute approximate surface area is 126 Å². The fourth-order valence-corrected chi connectivity index (χ4v) is 5.32. The number of anilines is 1. The van der Waals surface area contributed by atoms with Gasteiger partial charge in [-0.05, 0) is 25.5 Å². The molecule has 1 amide bonds. The molecular formula is C13H15BrN2O3S. The average Bonchev–Trinajstić information content (AvgIpc) is 2.77. The lowest BCUT2D eigenvalue weighted by Crippen LogP contribution is -2.47. The summed E-state index contributed by atoms with van der Waals surface area (Å²) in [5, 5.41) is 6.05. The van der Waals surface area contributed by atoms with Gasteiger partial charge in [-0.15, -0.1) is 0 Å². The van der Waals surface area contributed by atoms with E-state index in [1.54, 1.807) is 0 Å². The van der Waals surface area contributed by atoms with E-state index < -0.39 is 21.4 Å². The zero-order valence-corrected chi connectivity index (χ0v) is 13.3. The number of hydrogen-bond donors (Lipinski definition) is 2. The monoisotopic (exact) mass is 358 g/mol. The van der Waals surface area contributed by atoms with Gasteiger partial charge in [0.1, 0.15) is 6.04 Å². The molecular weight excluding hydrogens is 344 g/mol. The van der Waals surface area contributed by atoms with Gasteiger partial charge in [0.05, 0.1) is 11.5 Å². The summed E-state index contributed by atoms with van der Waals surface area (Å²) in [6.45, 7) is 1.86. The second kappa shape index (κ2) is 4.54. The van der Waals surface area contributed by atoms with Crippen LogP contribution in [0.2, 0.25) is 0 Å². The molecule has 1 saturated heterocycles. The lowest BCUT2D eigenvalue weighted by Gasteiger charge is -2.27. The summed E-state index contributed by atoms with van der Waals surface area (Å²) in [6, 6.07) is 5.11. The van der Waals surface area contributed by atoms with Crippen LogP contribution in [-0.2, 0) is 14.6 Å². The van der Waals surface area contributed by atoms with Crippen molar-refractivity contribution in [3.05, 3.63) is 28.2 Å². The van der Waals surface area contributed by atoms with E-state index in [0.29, 0.717) is 6.42 Å². The van der Waals surface area contributed by atoms with Gasteiger partial charge in [-0.2, -0.15) is 0 Å². The van der Waals surface area contributed by atoms with E-state index in [4.69, 9.17) is 0 Å². The molecule has 0 aromatic heterocycles. The van der Waals surface area contributed by atoms with Gasteiger partial charge in [-0.25, -0.2) is 8.42 Å². The Hall–Kier alpha value is -0.920. The number of carbonyl (C=O) groups excluding carboxylic acids is 1. The van der Waals surface area contributed by atoms with Gasteiger partial charge < -0.3 is 5.32 Å². The third kappa shape index (κ3) is 2.49. The highest BCUT2D eigenvalue weighted by molar-refractivity contribution is 9.10. The van der Waals surface area contributed by atoms with Crippen LogP contribution < -0.4 is 10.6 Å². The van der Waals surface area contributed by atoms with Crippen molar-refractivity contribution in [3.63, 3.8) is 0 Å². The Kier molecular flexibility index (Phi) is 3.19. The first-order valence-corrected chi connectivity index (χ1v) is 8.98. The van der Waals surface area contributed by atoms with Crippen LogP contribution in [0.25, 0.3) is 0 Å². The van der Waals surface area contributed by atoms with E-state index in [-0.39, 0.29) is 17.4 Å². The summed E-state index contributed by atoms with van der Waals surface area (Å²) in [4.78, 5) is 12.1. The van der Waals surface area contributed by atoms with Crippen LogP contribution in [0.5, 0.6) is 0 Å². The smallest absolute Gasteiger partial charge is 0.246 e. The summed E-state index contributed by atoms with van der Waals surface area (Å²) in [5.41, 5.74) is 1.09. The molecule has 3 rings (SSSR count). The number of benzene rings is 1. The van der Waals surface area contributed by atoms with Crippen molar-refractivity contribution in [1.29, 1.82) is 0 Å². The molecule has 0 aliphatic carbocycles. The second-order valence-electron chi connectivity index (χ2n) is 5.70. The van der Waals surface area contributed by atoms with Gasteiger partial charge in [-0.1, -0.05) is 22.0 Å². The molecule has 0 bridgehead atoms. The zero-order valence-electron chi connectivity index (χ0n) is 10.9. The number of sulfone groups is 1. The number of hydrogen-bond acceptors (Lipinski definition) is 4. The molecule has 2 heterocycles. The number of fused-ring (bicyclic) bond motifs is 1. The summed E-state index contributed by atoms with van der Waals surface area (Å²) in [7, 11) is -3.00. The van der Waals surface area contributed by atoms with Crippen molar-refractivity contribution < 1.29 is 13.2 Å².